The van der Waals surface area contributed by atoms with Gasteiger partial charge in [0.05, 0.1) is 19.8 Å². The van der Waals surface area contributed by atoms with Crippen LogP contribution in [0, 0.1) is 0 Å². The lowest BCUT2D eigenvalue weighted by molar-refractivity contribution is 0.122. The SMILES string of the molecule is COCCN(CCOC)C(=O)NCCOc1ccccc1. The van der Waals surface area contributed by atoms with Crippen molar-refractivity contribution in [2.24, 2.45) is 0 Å². The number of carbonyl (C=O) groups excluding carboxylic acids is 1. The van der Waals surface area contributed by atoms with Crippen molar-refractivity contribution in [2.45, 2.75) is 0 Å². The monoisotopic (exact) mass is 296 g/mol. The van der Waals surface area contributed by atoms with Gasteiger partial charge >= 0.3 is 6.03 Å². The molecule has 0 unspecified atom stereocenters. The lowest BCUT2D eigenvalue weighted by atomic mass is 10.3. The Labute approximate surface area is 126 Å². The third-order valence-corrected chi connectivity index (χ3v) is 2.81. The Morgan fingerprint density at radius 1 is 1.05 bits per heavy atom. The molecule has 1 rings (SSSR count). The number of urea groups is 1. The van der Waals surface area contributed by atoms with Gasteiger partial charge in [0.15, 0.2) is 0 Å². The molecule has 118 valence electrons. The van der Waals surface area contributed by atoms with E-state index in [1.807, 2.05) is 30.3 Å². The van der Waals surface area contributed by atoms with Crippen molar-refractivity contribution >= 4 is 6.03 Å². The average Bonchev–Trinajstić information content (AvgIpc) is 2.52. The molecular weight excluding hydrogens is 272 g/mol. The van der Waals surface area contributed by atoms with Crippen LogP contribution >= 0.6 is 0 Å². The average molecular weight is 296 g/mol. The zero-order valence-corrected chi connectivity index (χ0v) is 12.7. The summed E-state index contributed by atoms with van der Waals surface area (Å²) in [6.45, 7) is 2.94. The normalized spacial score (nSPS) is 10.2. The van der Waals surface area contributed by atoms with Gasteiger partial charge in [0.25, 0.3) is 0 Å². The second-order valence-electron chi connectivity index (χ2n) is 4.37. The lowest BCUT2D eigenvalue weighted by Gasteiger charge is -2.22. The van der Waals surface area contributed by atoms with Crippen LogP contribution in [0.1, 0.15) is 0 Å². The third kappa shape index (κ3) is 7.53. The zero-order chi connectivity index (χ0) is 15.3. The van der Waals surface area contributed by atoms with E-state index in [0.717, 1.165) is 5.75 Å². The number of nitrogens with one attached hydrogen (secondary N) is 1. The van der Waals surface area contributed by atoms with Crippen molar-refractivity contribution in [1.82, 2.24) is 10.2 Å². The fourth-order valence-corrected chi connectivity index (χ4v) is 1.67. The first-order valence-electron chi connectivity index (χ1n) is 6.96. The van der Waals surface area contributed by atoms with E-state index in [1.165, 1.54) is 0 Å². The van der Waals surface area contributed by atoms with Crippen LogP contribution in [0.15, 0.2) is 30.3 Å². The molecular formula is C15H24N2O4. The number of nitrogens with zero attached hydrogens (tertiary/aromatic N) is 1. The van der Waals surface area contributed by atoms with Crippen LogP contribution in [0.25, 0.3) is 0 Å². The molecule has 0 aliphatic rings. The maximum Gasteiger partial charge on any atom is 0.317 e. The van der Waals surface area contributed by atoms with Crippen LogP contribution in [0.5, 0.6) is 5.75 Å². The Hall–Kier alpha value is -1.79. The van der Waals surface area contributed by atoms with Gasteiger partial charge in [-0.3, -0.25) is 0 Å². The Morgan fingerprint density at radius 3 is 2.24 bits per heavy atom. The molecule has 0 fully saturated rings. The molecule has 0 saturated carbocycles. The summed E-state index contributed by atoms with van der Waals surface area (Å²) in [6.07, 6.45) is 0. The number of para-hydroxylation sites is 1. The molecule has 0 aromatic heterocycles. The highest BCUT2D eigenvalue weighted by molar-refractivity contribution is 5.74. The molecule has 21 heavy (non-hydrogen) atoms. The minimum absolute atomic E-state index is 0.138. The number of hydrogen-bond acceptors (Lipinski definition) is 4. The highest BCUT2D eigenvalue weighted by Crippen LogP contribution is 2.07. The zero-order valence-electron chi connectivity index (χ0n) is 12.7. The van der Waals surface area contributed by atoms with Crippen LogP contribution in [0.2, 0.25) is 0 Å². The summed E-state index contributed by atoms with van der Waals surface area (Å²) >= 11 is 0. The quantitative estimate of drug-likeness (QED) is 0.663. The molecule has 1 aromatic carbocycles. The van der Waals surface area contributed by atoms with Crippen molar-refractivity contribution in [1.29, 1.82) is 0 Å². The minimum Gasteiger partial charge on any atom is -0.492 e. The van der Waals surface area contributed by atoms with Gasteiger partial charge in [0.2, 0.25) is 0 Å². The second-order valence-corrected chi connectivity index (χ2v) is 4.37. The molecule has 0 radical (unpaired) electrons. The molecule has 1 N–H and O–H groups in total. The maximum atomic E-state index is 12.0. The largest absolute Gasteiger partial charge is 0.492 e. The molecule has 0 aliphatic heterocycles. The highest BCUT2D eigenvalue weighted by atomic mass is 16.5. The first-order valence-corrected chi connectivity index (χ1v) is 6.96. The molecule has 6 heteroatoms. The van der Waals surface area contributed by atoms with E-state index >= 15 is 0 Å². The molecule has 0 spiro atoms. The van der Waals surface area contributed by atoms with E-state index in [2.05, 4.69) is 5.32 Å². The molecule has 6 nitrogen and oxygen atoms in total. The van der Waals surface area contributed by atoms with E-state index < -0.39 is 0 Å². The van der Waals surface area contributed by atoms with Crippen molar-refractivity contribution in [3.05, 3.63) is 30.3 Å². The van der Waals surface area contributed by atoms with E-state index in [-0.39, 0.29) is 6.03 Å². The van der Waals surface area contributed by atoms with E-state index in [1.54, 1.807) is 19.1 Å². The minimum atomic E-state index is -0.138. The Morgan fingerprint density at radius 2 is 1.67 bits per heavy atom. The highest BCUT2D eigenvalue weighted by Gasteiger charge is 2.12. The summed E-state index contributed by atoms with van der Waals surface area (Å²) in [6, 6.07) is 9.37. The molecule has 0 atom stereocenters. The van der Waals surface area contributed by atoms with Gasteiger partial charge in [0, 0.05) is 27.3 Å². The van der Waals surface area contributed by atoms with Crippen LogP contribution in [0.4, 0.5) is 4.79 Å². The first kappa shape index (κ1) is 17.3. The van der Waals surface area contributed by atoms with Crippen LogP contribution in [-0.4, -0.2) is 64.6 Å². The number of carbonyl (C=O) groups is 1. The summed E-state index contributed by atoms with van der Waals surface area (Å²) in [7, 11) is 3.22. The van der Waals surface area contributed by atoms with Gasteiger partial charge in [-0.15, -0.1) is 0 Å². The second kappa shape index (κ2) is 10.9. The number of amides is 2. The van der Waals surface area contributed by atoms with Crippen molar-refractivity contribution in [3.8, 4) is 5.75 Å². The predicted octanol–water partition coefficient (Wildman–Crippen LogP) is 1.37. The van der Waals surface area contributed by atoms with E-state index in [9.17, 15) is 4.79 Å². The summed E-state index contributed by atoms with van der Waals surface area (Å²) in [5.41, 5.74) is 0. The number of ether oxygens (including phenoxy) is 3. The van der Waals surface area contributed by atoms with Gasteiger partial charge in [-0.2, -0.15) is 0 Å². The van der Waals surface area contributed by atoms with Gasteiger partial charge in [-0.05, 0) is 12.1 Å². The fraction of sp³-hybridized carbons (Fsp3) is 0.533. The van der Waals surface area contributed by atoms with Crippen molar-refractivity contribution in [3.63, 3.8) is 0 Å². The molecule has 2 amide bonds. The Kier molecular flexibility index (Phi) is 8.99. The third-order valence-electron chi connectivity index (χ3n) is 2.81. The molecule has 0 bridgehead atoms. The van der Waals surface area contributed by atoms with Gasteiger partial charge in [-0.25, -0.2) is 4.79 Å². The Balaban J connectivity index is 2.25. The van der Waals surface area contributed by atoms with Gasteiger partial charge in [-0.1, -0.05) is 18.2 Å². The number of benzene rings is 1. The van der Waals surface area contributed by atoms with E-state index in [0.29, 0.717) is 39.5 Å². The maximum absolute atomic E-state index is 12.0. The van der Waals surface area contributed by atoms with Crippen LogP contribution in [-0.2, 0) is 9.47 Å². The van der Waals surface area contributed by atoms with Crippen molar-refractivity contribution < 1.29 is 19.0 Å². The fourth-order valence-electron chi connectivity index (χ4n) is 1.67. The number of hydrogen-bond donors (Lipinski definition) is 1. The summed E-state index contributed by atoms with van der Waals surface area (Å²) in [5, 5.41) is 2.82. The van der Waals surface area contributed by atoms with E-state index in [4.69, 9.17) is 14.2 Å². The standard InChI is InChI=1S/C15H24N2O4/c1-19-12-9-17(10-13-20-2)15(18)16-8-11-21-14-6-4-3-5-7-14/h3-7H,8-13H2,1-2H3,(H,16,18). The topological polar surface area (TPSA) is 60.0 Å². The van der Waals surface area contributed by atoms with Crippen LogP contribution in [0.3, 0.4) is 0 Å². The predicted molar refractivity (Wildman–Crippen MR) is 80.7 cm³/mol. The molecule has 0 aliphatic carbocycles. The summed E-state index contributed by atoms with van der Waals surface area (Å²) in [4.78, 5) is 13.7. The van der Waals surface area contributed by atoms with Gasteiger partial charge < -0.3 is 24.4 Å². The molecule has 1 aromatic rings. The van der Waals surface area contributed by atoms with Crippen molar-refractivity contribution in [2.75, 3.05) is 53.7 Å². The molecule has 0 heterocycles. The number of rotatable bonds is 10. The lowest BCUT2D eigenvalue weighted by Crippen LogP contribution is -2.44. The first-order chi connectivity index (χ1) is 10.3. The van der Waals surface area contributed by atoms with Crippen LogP contribution < -0.4 is 10.1 Å². The summed E-state index contributed by atoms with van der Waals surface area (Å²) in [5.74, 6) is 0.794. The number of methoxy groups -OCH3 is 2. The smallest absolute Gasteiger partial charge is 0.317 e. The van der Waals surface area contributed by atoms with Gasteiger partial charge in [0.1, 0.15) is 12.4 Å². The molecule has 0 saturated heterocycles. The Bertz CT molecular complexity index is 379. The summed E-state index contributed by atoms with van der Waals surface area (Å²) < 4.78 is 15.5.